The molecule has 0 radical (unpaired) electrons. The summed E-state index contributed by atoms with van der Waals surface area (Å²) in [7, 11) is 1.92. The fraction of sp³-hybridized carbons (Fsp3) is 0.562. The van der Waals surface area contributed by atoms with Crippen molar-refractivity contribution in [3.8, 4) is 0 Å². The van der Waals surface area contributed by atoms with Crippen molar-refractivity contribution in [1.82, 2.24) is 4.90 Å². The van der Waals surface area contributed by atoms with Gasteiger partial charge in [0.05, 0.1) is 5.02 Å². The maximum Gasteiger partial charge on any atom is 0.253 e. The summed E-state index contributed by atoms with van der Waals surface area (Å²) in [6.45, 7) is 2.26. The Morgan fingerprint density at radius 2 is 2.00 bits per heavy atom. The summed E-state index contributed by atoms with van der Waals surface area (Å²) in [6.07, 6.45) is 5.99. The number of carbonyl (C=O) groups is 1. The molecule has 0 N–H and O–H groups in total. The van der Waals surface area contributed by atoms with Gasteiger partial charge in [0.1, 0.15) is 0 Å². The normalized spacial score (nSPS) is 22.6. The minimum atomic E-state index is 0.0863. The van der Waals surface area contributed by atoms with Crippen LogP contribution < -0.4 is 0 Å². The predicted molar refractivity (Wildman–Crippen MR) is 92.3 cm³/mol. The van der Waals surface area contributed by atoms with Gasteiger partial charge >= 0.3 is 0 Å². The first-order valence-electron chi connectivity index (χ1n) is 7.25. The average molecular weight is 406 g/mol. The van der Waals surface area contributed by atoms with Crippen molar-refractivity contribution in [2.24, 2.45) is 5.92 Å². The fourth-order valence-corrected chi connectivity index (χ4v) is 3.46. The first-order chi connectivity index (χ1) is 9.52. The number of nitrogens with zero attached hydrogens (tertiary/aromatic N) is 1. The Kier molecular flexibility index (Phi) is 5.73. The topological polar surface area (TPSA) is 20.3 Å². The third-order valence-corrected chi connectivity index (χ3v) is 6.00. The van der Waals surface area contributed by atoms with Gasteiger partial charge in [-0.15, -0.1) is 0 Å². The minimum absolute atomic E-state index is 0.0863. The van der Waals surface area contributed by atoms with E-state index in [1.807, 2.05) is 24.1 Å². The van der Waals surface area contributed by atoms with Crippen molar-refractivity contribution in [2.45, 2.75) is 45.1 Å². The van der Waals surface area contributed by atoms with Crippen LogP contribution in [-0.4, -0.2) is 23.9 Å². The largest absolute Gasteiger partial charge is 0.339 e. The third-order valence-electron chi connectivity index (χ3n) is 4.43. The number of rotatable bonds is 3. The third kappa shape index (κ3) is 3.67. The molecule has 110 valence electrons. The maximum atomic E-state index is 12.5. The summed E-state index contributed by atoms with van der Waals surface area (Å²) in [5, 5.41) is 0.652. The molecule has 1 aliphatic carbocycles. The van der Waals surface area contributed by atoms with Crippen molar-refractivity contribution in [1.29, 1.82) is 0 Å². The van der Waals surface area contributed by atoms with E-state index >= 15 is 0 Å². The smallest absolute Gasteiger partial charge is 0.253 e. The fourth-order valence-electron chi connectivity index (χ4n) is 2.94. The van der Waals surface area contributed by atoms with E-state index in [9.17, 15) is 4.79 Å². The second-order valence-corrected chi connectivity index (χ2v) is 7.20. The number of amides is 1. The summed E-state index contributed by atoms with van der Waals surface area (Å²) in [4.78, 5) is 14.4. The number of halogens is 2. The zero-order chi connectivity index (χ0) is 14.7. The van der Waals surface area contributed by atoms with Crippen LogP contribution in [0.4, 0.5) is 0 Å². The molecule has 0 aliphatic heterocycles. The second-order valence-electron chi connectivity index (χ2n) is 5.63. The van der Waals surface area contributed by atoms with E-state index in [2.05, 4.69) is 29.5 Å². The highest BCUT2D eigenvalue weighted by Crippen LogP contribution is 2.30. The summed E-state index contributed by atoms with van der Waals surface area (Å²) in [5.74, 6) is 0.936. The summed E-state index contributed by atoms with van der Waals surface area (Å²) in [6, 6.07) is 5.92. The van der Waals surface area contributed by atoms with Gasteiger partial charge in [-0.2, -0.15) is 0 Å². The van der Waals surface area contributed by atoms with Crippen molar-refractivity contribution in [2.75, 3.05) is 7.05 Å². The Labute approximate surface area is 140 Å². The van der Waals surface area contributed by atoms with Crippen LogP contribution in [0.1, 0.15) is 49.4 Å². The molecular weight excluding hydrogens is 385 g/mol. The van der Waals surface area contributed by atoms with Crippen LogP contribution >= 0.6 is 34.2 Å². The number of carbonyl (C=O) groups excluding carboxylic acids is 1. The highest BCUT2D eigenvalue weighted by Gasteiger charge is 2.26. The van der Waals surface area contributed by atoms with Gasteiger partial charge in [-0.05, 0) is 72.4 Å². The maximum absolute atomic E-state index is 12.5. The first-order valence-corrected chi connectivity index (χ1v) is 8.70. The molecule has 2 nitrogen and oxygen atoms in total. The molecule has 0 saturated heterocycles. The molecule has 1 saturated carbocycles. The van der Waals surface area contributed by atoms with E-state index in [1.54, 1.807) is 6.07 Å². The van der Waals surface area contributed by atoms with E-state index in [0.717, 1.165) is 22.3 Å². The molecular formula is C16H21ClINO. The lowest BCUT2D eigenvalue weighted by Gasteiger charge is -2.34. The van der Waals surface area contributed by atoms with Crippen molar-refractivity contribution < 1.29 is 4.79 Å². The van der Waals surface area contributed by atoms with E-state index < -0.39 is 0 Å². The molecule has 1 amide bonds. The van der Waals surface area contributed by atoms with Crippen LogP contribution in [0.15, 0.2) is 18.2 Å². The molecule has 0 heterocycles. The Morgan fingerprint density at radius 3 is 2.55 bits per heavy atom. The van der Waals surface area contributed by atoms with Crippen LogP contribution in [0.5, 0.6) is 0 Å². The highest BCUT2D eigenvalue weighted by atomic mass is 127. The second kappa shape index (κ2) is 7.12. The van der Waals surface area contributed by atoms with E-state index in [0.29, 0.717) is 16.6 Å². The van der Waals surface area contributed by atoms with Gasteiger partial charge in [-0.25, -0.2) is 0 Å². The van der Waals surface area contributed by atoms with Crippen molar-refractivity contribution in [3.63, 3.8) is 0 Å². The highest BCUT2D eigenvalue weighted by molar-refractivity contribution is 14.1. The van der Waals surface area contributed by atoms with Crippen LogP contribution in [0.2, 0.25) is 5.02 Å². The standard InChI is InChI=1S/C16H21ClINO/c1-3-11-4-7-13(8-5-11)19(2)16(20)12-6-9-15(18)14(17)10-12/h6,9-11,13H,3-5,7-8H2,1-2H3. The molecule has 1 aliphatic rings. The quantitative estimate of drug-likeness (QED) is 0.649. The average Bonchev–Trinajstić information content (AvgIpc) is 2.48. The van der Waals surface area contributed by atoms with E-state index in [4.69, 9.17) is 11.6 Å². The SMILES string of the molecule is CCC1CCC(N(C)C(=O)c2ccc(I)c(Cl)c2)CC1. The van der Waals surface area contributed by atoms with Gasteiger partial charge in [0, 0.05) is 22.2 Å². The Bertz CT molecular complexity index is 483. The molecule has 4 heteroatoms. The lowest BCUT2D eigenvalue weighted by molar-refractivity contribution is 0.0674. The molecule has 0 unspecified atom stereocenters. The molecule has 0 atom stereocenters. The molecule has 0 spiro atoms. The van der Waals surface area contributed by atoms with Gasteiger partial charge in [-0.3, -0.25) is 4.79 Å². The molecule has 0 bridgehead atoms. The minimum Gasteiger partial charge on any atom is -0.339 e. The zero-order valence-corrected chi connectivity index (χ0v) is 14.9. The Hall–Kier alpha value is -0.290. The van der Waals surface area contributed by atoms with Gasteiger partial charge in [-0.1, -0.05) is 24.9 Å². The van der Waals surface area contributed by atoms with Crippen molar-refractivity contribution in [3.05, 3.63) is 32.4 Å². The molecule has 0 aromatic heterocycles. The molecule has 2 rings (SSSR count). The molecule has 1 fully saturated rings. The lowest BCUT2D eigenvalue weighted by atomic mass is 9.84. The Balaban J connectivity index is 2.03. The predicted octanol–water partition coefficient (Wildman–Crippen LogP) is 4.99. The Morgan fingerprint density at radius 1 is 1.35 bits per heavy atom. The number of hydrogen-bond donors (Lipinski definition) is 0. The van der Waals surface area contributed by atoms with Gasteiger partial charge in [0.2, 0.25) is 0 Å². The molecule has 1 aromatic carbocycles. The van der Waals surface area contributed by atoms with Crippen molar-refractivity contribution >= 4 is 40.1 Å². The van der Waals surface area contributed by atoms with Crippen LogP contribution in [-0.2, 0) is 0 Å². The summed E-state index contributed by atoms with van der Waals surface area (Å²) in [5.41, 5.74) is 0.690. The van der Waals surface area contributed by atoms with Crippen LogP contribution in [0.3, 0.4) is 0 Å². The first kappa shape index (κ1) is 16.1. The van der Waals surface area contributed by atoms with Crippen LogP contribution in [0.25, 0.3) is 0 Å². The van der Waals surface area contributed by atoms with E-state index in [1.165, 1.54) is 19.3 Å². The zero-order valence-electron chi connectivity index (χ0n) is 12.0. The number of benzene rings is 1. The van der Waals surface area contributed by atoms with Gasteiger partial charge < -0.3 is 4.90 Å². The van der Waals surface area contributed by atoms with Gasteiger partial charge in [0.25, 0.3) is 5.91 Å². The molecule has 1 aromatic rings. The summed E-state index contributed by atoms with van der Waals surface area (Å²) >= 11 is 8.28. The lowest BCUT2D eigenvalue weighted by Crippen LogP contribution is -2.39. The summed E-state index contributed by atoms with van der Waals surface area (Å²) < 4.78 is 0.979. The monoisotopic (exact) mass is 405 g/mol. The molecule has 20 heavy (non-hydrogen) atoms. The number of hydrogen-bond acceptors (Lipinski definition) is 1. The van der Waals surface area contributed by atoms with Crippen LogP contribution in [0, 0.1) is 9.49 Å². The van der Waals surface area contributed by atoms with E-state index in [-0.39, 0.29) is 5.91 Å². The van der Waals surface area contributed by atoms with Gasteiger partial charge in [0.15, 0.2) is 0 Å².